The molecular formula is C15H20BrFN4O2. The summed E-state index contributed by atoms with van der Waals surface area (Å²) in [5.41, 5.74) is 5.61. The fourth-order valence-electron chi connectivity index (χ4n) is 2.42. The Kier molecular flexibility index (Phi) is 6.64. The molecule has 1 aromatic carbocycles. The zero-order valence-corrected chi connectivity index (χ0v) is 14.2. The van der Waals surface area contributed by atoms with Crippen molar-refractivity contribution in [2.75, 3.05) is 12.0 Å². The molecule has 0 aromatic heterocycles. The van der Waals surface area contributed by atoms with Gasteiger partial charge in [0.15, 0.2) is 0 Å². The highest BCUT2D eigenvalue weighted by atomic mass is 79.9. The number of carbonyl (C=O) groups is 2. The number of amides is 3. The van der Waals surface area contributed by atoms with Crippen LogP contribution >= 0.6 is 15.9 Å². The molecule has 126 valence electrons. The lowest BCUT2D eigenvalue weighted by Gasteiger charge is -2.13. The molecule has 0 radical (unpaired) electrons. The molecule has 1 aliphatic rings. The number of nitrogens with one attached hydrogen (secondary N) is 4. The van der Waals surface area contributed by atoms with Crippen LogP contribution in [-0.2, 0) is 4.79 Å². The zero-order valence-electron chi connectivity index (χ0n) is 12.6. The highest BCUT2D eigenvalue weighted by molar-refractivity contribution is 9.10. The Bertz CT molecular complexity index is 564. The van der Waals surface area contributed by atoms with Gasteiger partial charge in [0.2, 0.25) is 5.91 Å². The molecule has 1 aliphatic carbocycles. The van der Waals surface area contributed by atoms with Crippen molar-refractivity contribution in [3.63, 3.8) is 0 Å². The van der Waals surface area contributed by atoms with Gasteiger partial charge < -0.3 is 10.6 Å². The molecule has 3 amide bonds. The Hall–Kier alpha value is -1.83. The van der Waals surface area contributed by atoms with E-state index in [2.05, 4.69) is 37.4 Å². The summed E-state index contributed by atoms with van der Waals surface area (Å²) in [6, 6.07) is 3.88. The van der Waals surface area contributed by atoms with E-state index in [1.165, 1.54) is 18.2 Å². The monoisotopic (exact) mass is 386 g/mol. The average molecular weight is 387 g/mol. The lowest BCUT2D eigenvalue weighted by molar-refractivity contribution is -0.121. The number of urea groups is 1. The molecule has 1 aromatic rings. The summed E-state index contributed by atoms with van der Waals surface area (Å²) in [7, 11) is 0. The quantitative estimate of drug-likeness (QED) is 0.567. The van der Waals surface area contributed by atoms with Gasteiger partial charge in [-0.15, -0.1) is 0 Å². The third kappa shape index (κ3) is 6.05. The molecular weight excluding hydrogens is 367 g/mol. The summed E-state index contributed by atoms with van der Waals surface area (Å²) < 4.78 is 13.4. The second-order valence-corrected chi connectivity index (χ2v) is 6.28. The van der Waals surface area contributed by atoms with Gasteiger partial charge in [0.05, 0.1) is 5.69 Å². The molecule has 6 nitrogen and oxygen atoms in total. The van der Waals surface area contributed by atoms with Gasteiger partial charge in [0.25, 0.3) is 0 Å². The van der Waals surface area contributed by atoms with E-state index in [-0.39, 0.29) is 30.7 Å². The first-order chi connectivity index (χ1) is 11.0. The smallest absolute Gasteiger partial charge is 0.333 e. The van der Waals surface area contributed by atoms with Crippen LogP contribution in [0.3, 0.4) is 0 Å². The Morgan fingerprint density at radius 1 is 1.26 bits per heavy atom. The van der Waals surface area contributed by atoms with Crippen LogP contribution in [0.5, 0.6) is 0 Å². The normalized spacial score (nSPS) is 14.3. The average Bonchev–Trinajstić information content (AvgIpc) is 2.99. The van der Waals surface area contributed by atoms with E-state index in [0.29, 0.717) is 10.2 Å². The molecule has 0 atom stereocenters. The highest BCUT2D eigenvalue weighted by Crippen LogP contribution is 2.22. The van der Waals surface area contributed by atoms with Crippen LogP contribution in [0.2, 0.25) is 0 Å². The summed E-state index contributed by atoms with van der Waals surface area (Å²) in [4.78, 5) is 23.3. The molecule has 4 N–H and O–H groups in total. The maximum atomic E-state index is 12.9. The van der Waals surface area contributed by atoms with Crippen LogP contribution in [0.25, 0.3) is 0 Å². The van der Waals surface area contributed by atoms with Gasteiger partial charge in [-0.25, -0.2) is 9.18 Å². The second kappa shape index (κ2) is 8.71. The molecule has 0 spiro atoms. The summed E-state index contributed by atoms with van der Waals surface area (Å²) in [6.45, 7) is 0.247. The van der Waals surface area contributed by atoms with Crippen LogP contribution in [0, 0.1) is 5.82 Å². The van der Waals surface area contributed by atoms with E-state index in [4.69, 9.17) is 0 Å². The molecule has 0 heterocycles. The minimum atomic E-state index is -0.463. The minimum Gasteiger partial charge on any atom is -0.353 e. The van der Waals surface area contributed by atoms with E-state index in [1.807, 2.05) is 0 Å². The van der Waals surface area contributed by atoms with Gasteiger partial charge in [0.1, 0.15) is 5.82 Å². The summed E-state index contributed by atoms with van der Waals surface area (Å²) in [5, 5.41) is 5.53. The van der Waals surface area contributed by atoms with Crippen LogP contribution in [-0.4, -0.2) is 24.5 Å². The third-order valence-corrected chi connectivity index (χ3v) is 4.26. The number of rotatable bonds is 6. The Morgan fingerprint density at radius 2 is 2.00 bits per heavy atom. The number of anilines is 1. The van der Waals surface area contributed by atoms with Gasteiger partial charge in [-0.3, -0.25) is 15.6 Å². The SMILES string of the molecule is O=C(CCNC(=O)NNc1ccc(F)cc1Br)NC1CCCC1. The van der Waals surface area contributed by atoms with E-state index >= 15 is 0 Å². The number of hydrazine groups is 1. The zero-order chi connectivity index (χ0) is 16.7. The number of hydrogen-bond donors (Lipinski definition) is 4. The highest BCUT2D eigenvalue weighted by Gasteiger charge is 2.16. The van der Waals surface area contributed by atoms with E-state index in [0.717, 1.165) is 25.7 Å². The van der Waals surface area contributed by atoms with Crippen molar-refractivity contribution in [2.24, 2.45) is 0 Å². The van der Waals surface area contributed by atoms with Crippen molar-refractivity contribution in [2.45, 2.75) is 38.1 Å². The molecule has 1 saturated carbocycles. The Morgan fingerprint density at radius 3 is 2.70 bits per heavy atom. The summed E-state index contributed by atoms with van der Waals surface area (Å²) in [5.74, 6) is -0.424. The number of hydrogen-bond acceptors (Lipinski definition) is 3. The fraction of sp³-hybridized carbons (Fsp3) is 0.467. The second-order valence-electron chi connectivity index (χ2n) is 5.43. The topological polar surface area (TPSA) is 82.3 Å². The first kappa shape index (κ1) is 17.5. The molecule has 0 saturated heterocycles. The van der Waals surface area contributed by atoms with Gasteiger partial charge in [-0.05, 0) is 47.0 Å². The Balaban J connectivity index is 1.62. The van der Waals surface area contributed by atoms with Gasteiger partial charge >= 0.3 is 6.03 Å². The van der Waals surface area contributed by atoms with Gasteiger partial charge in [0, 0.05) is 23.5 Å². The van der Waals surface area contributed by atoms with Crippen molar-refractivity contribution >= 4 is 33.6 Å². The van der Waals surface area contributed by atoms with Gasteiger partial charge in [-0.2, -0.15) is 0 Å². The maximum Gasteiger partial charge on any atom is 0.333 e. The van der Waals surface area contributed by atoms with Crippen LogP contribution < -0.4 is 21.5 Å². The van der Waals surface area contributed by atoms with Crippen molar-refractivity contribution in [1.82, 2.24) is 16.1 Å². The largest absolute Gasteiger partial charge is 0.353 e. The molecule has 1 fully saturated rings. The lowest BCUT2D eigenvalue weighted by Crippen LogP contribution is -2.41. The standard InChI is InChI=1S/C15H20BrFN4O2/c16-12-9-10(17)5-6-13(12)20-21-15(23)18-8-7-14(22)19-11-3-1-2-4-11/h5-6,9,11,20H,1-4,7-8H2,(H,19,22)(H2,18,21,23). The van der Waals surface area contributed by atoms with Crippen molar-refractivity contribution < 1.29 is 14.0 Å². The van der Waals surface area contributed by atoms with Crippen LogP contribution in [0.15, 0.2) is 22.7 Å². The van der Waals surface area contributed by atoms with E-state index < -0.39 is 6.03 Å². The minimum absolute atomic E-state index is 0.0496. The maximum absolute atomic E-state index is 12.9. The molecule has 2 rings (SSSR count). The number of benzene rings is 1. The lowest BCUT2D eigenvalue weighted by atomic mass is 10.2. The first-order valence-corrected chi connectivity index (χ1v) is 8.38. The van der Waals surface area contributed by atoms with Crippen LogP contribution in [0.4, 0.5) is 14.9 Å². The number of halogens is 2. The fourth-order valence-corrected chi connectivity index (χ4v) is 2.87. The predicted molar refractivity (Wildman–Crippen MR) is 89.3 cm³/mol. The molecule has 0 unspecified atom stereocenters. The Labute approximate surface area is 142 Å². The molecule has 0 bridgehead atoms. The predicted octanol–water partition coefficient (Wildman–Crippen LogP) is 2.66. The van der Waals surface area contributed by atoms with E-state index in [1.54, 1.807) is 0 Å². The first-order valence-electron chi connectivity index (χ1n) is 7.59. The van der Waals surface area contributed by atoms with E-state index in [9.17, 15) is 14.0 Å². The van der Waals surface area contributed by atoms with Crippen molar-refractivity contribution in [1.29, 1.82) is 0 Å². The molecule has 8 heteroatoms. The third-order valence-electron chi connectivity index (χ3n) is 3.60. The summed E-state index contributed by atoms with van der Waals surface area (Å²) >= 11 is 3.18. The van der Waals surface area contributed by atoms with Crippen molar-refractivity contribution in [3.05, 3.63) is 28.5 Å². The molecule has 23 heavy (non-hydrogen) atoms. The molecule has 0 aliphatic heterocycles. The number of carbonyl (C=O) groups excluding carboxylic acids is 2. The van der Waals surface area contributed by atoms with Crippen molar-refractivity contribution in [3.8, 4) is 0 Å². The van der Waals surface area contributed by atoms with Gasteiger partial charge in [-0.1, -0.05) is 12.8 Å². The summed E-state index contributed by atoms with van der Waals surface area (Å²) in [6.07, 6.45) is 4.64. The van der Waals surface area contributed by atoms with Crippen LogP contribution in [0.1, 0.15) is 32.1 Å².